The van der Waals surface area contributed by atoms with Gasteiger partial charge in [-0.1, -0.05) is 42.0 Å². The molecule has 1 aromatic carbocycles. The first-order valence-electron chi connectivity index (χ1n) is 6.12. The average molecular weight is 247 g/mol. The molecular weight excluding hydrogens is 226 g/mol. The van der Waals surface area contributed by atoms with Crippen molar-refractivity contribution in [2.45, 2.75) is 19.8 Å². The van der Waals surface area contributed by atoms with Gasteiger partial charge in [-0.2, -0.15) is 0 Å². The molecule has 3 heteroatoms. The lowest BCUT2D eigenvalue weighted by Crippen LogP contribution is -2.28. The van der Waals surface area contributed by atoms with Crippen LogP contribution >= 0.6 is 0 Å². The summed E-state index contributed by atoms with van der Waals surface area (Å²) in [4.78, 5) is 11.8. The quantitative estimate of drug-likeness (QED) is 0.477. The van der Waals surface area contributed by atoms with Crippen molar-refractivity contribution in [3.8, 4) is 0 Å². The molecule has 0 spiro atoms. The van der Waals surface area contributed by atoms with E-state index in [1.807, 2.05) is 30.3 Å². The zero-order valence-electron chi connectivity index (χ0n) is 11.3. The fourth-order valence-corrected chi connectivity index (χ4v) is 1.67. The molecular formula is C15H21NO2. The molecule has 1 atom stereocenters. The molecule has 0 saturated heterocycles. The largest absolute Gasteiger partial charge is 0.469 e. The number of carbonyl (C=O) groups excluding carboxylic acids is 1. The van der Waals surface area contributed by atoms with Gasteiger partial charge in [0.05, 0.1) is 13.0 Å². The van der Waals surface area contributed by atoms with E-state index in [9.17, 15) is 4.79 Å². The minimum atomic E-state index is -0.248. The first-order chi connectivity index (χ1) is 8.65. The van der Waals surface area contributed by atoms with Crippen LogP contribution in [0.25, 0.3) is 0 Å². The Morgan fingerprint density at radius 1 is 1.33 bits per heavy atom. The SMILES string of the molecule is COC(=O)C(CNCC=C(C)C)c1ccccc1. The lowest BCUT2D eigenvalue weighted by molar-refractivity contribution is -0.142. The summed E-state index contributed by atoms with van der Waals surface area (Å²) in [5.74, 6) is -0.451. The molecule has 3 nitrogen and oxygen atoms in total. The summed E-state index contributed by atoms with van der Waals surface area (Å²) < 4.78 is 4.85. The van der Waals surface area contributed by atoms with Gasteiger partial charge in [0, 0.05) is 13.1 Å². The van der Waals surface area contributed by atoms with Crippen molar-refractivity contribution >= 4 is 5.97 Å². The van der Waals surface area contributed by atoms with Crippen LogP contribution in [-0.2, 0) is 9.53 Å². The Hall–Kier alpha value is -1.61. The molecule has 0 aliphatic rings. The minimum absolute atomic E-state index is 0.203. The highest BCUT2D eigenvalue weighted by Gasteiger charge is 2.20. The number of benzene rings is 1. The zero-order valence-corrected chi connectivity index (χ0v) is 11.3. The second-order valence-electron chi connectivity index (χ2n) is 4.43. The summed E-state index contributed by atoms with van der Waals surface area (Å²) in [6.07, 6.45) is 2.10. The molecule has 0 fully saturated rings. The first-order valence-corrected chi connectivity index (χ1v) is 6.12. The molecule has 1 N–H and O–H groups in total. The van der Waals surface area contributed by atoms with Crippen molar-refractivity contribution in [3.63, 3.8) is 0 Å². The Kier molecular flexibility index (Phi) is 6.15. The maximum Gasteiger partial charge on any atom is 0.314 e. The van der Waals surface area contributed by atoms with Crippen LogP contribution in [0.2, 0.25) is 0 Å². The molecule has 1 unspecified atom stereocenters. The summed E-state index contributed by atoms with van der Waals surface area (Å²) in [6.45, 7) is 5.45. The molecule has 1 aromatic rings. The second kappa shape index (κ2) is 7.67. The first kappa shape index (κ1) is 14.5. The molecule has 0 saturated carbocycles. The van der Waals surface area contributed by atoms with E-state index in [-0.39, 0.29) is 11.9 Å². The van der Waals surface area contributed by atoms with Crippen LogP contribution in [0, 0.1) is 0 Å². The molecule has 0 bridgehead atoms. The van der Waals surface area contributed by atoms with E-state index < -0.39 is 0 Å². The van der Waals surface area contributed by atoms with Crippen molar-refractivity contribution in [2.24, 2.45) is 0 Å². The van der Waals surface area contributed by atoms with Crippen LogP contribution in [0.5, 0.6) is 0 Å². The lowest BCUT2D eigenvalue weighted by atomic mass is 9.99. The normalized spacial score (nSPS) is 11.7. The van der Waals surface area contributed by atoms with E-state index in [0.717, 1.165) is 12.1 Å². The van der Waals surface area contributed by atoms with Crippen molar-refractivity contribution in [2.75, 3.05) is 20.2 Å². The van der Waals surface area contributed by atoms with E-state index in [4.69, 9.17) is 4.74 Å². The Labute approximate surface area is 109 Å². The summed E-state index contributed by atoms with van der Waals surface area (Å²) in [5, 5.41) is 3.25. The highest BCUT2D eigenvalue weighted by Crippen LogP contribution is 2.16. The smallest absolute Gasteiger partial charge is 0.314 e. The number of esters is 1. The molecule has 0 radical (unpaired) electrons. The third-order valence-corrected chi connectivity index (χ3v) is 2.69. The minimum Gasteiger partial charge on any atom is -0.469 e. The van der Waals surface area contributed by atoms with Gasteiger partial charge in [0.1, 0.15) is 0 Å². The number of methoxy groups -OCH3 is 1. The second-order valence-corrected chi connectivity index (χ2v) is 4.43. The zero-order chi connectivity index (χ0) is 13.4. The van der Waals surface area contributed by atoms with Gasteiger partial charge in [-0.25, -0.2) is 0 Å². The van der Waals surface area contributed by atoms with Gasteiger partial charge in [-0.05, 0) is 19.4 Å². The van der Waals surface area contributed by atoms with Crippen LogP contribution < -0.4 is 5.32 Å². The van der Waals surface area contributed by atoms with Gasteiger partial charge in [0.25, 0.3) is 0 Å². The maximum absolute atomic E-state index is 11.8. The van der Waals surface area contributed by atoms with Gasteiger partial charge in [-0.3, -0.25) is 4.79 Å². The molecule has 18 heavy (non-hydrogen) atoms. The van der Waals surface area contributed by atoms with E-state index >= 15 is 0 Å². The summed E-state index contributed by atoms with van der Waals surface area (Å²) >= 11 is 0. The molecule has 0 amide bonds. The van der Waals surface area contributed by atoms with Crippen LogP contribution in [0.4, 0.5) is 0 Å². The van der Waals surface area contributed by atoms with E-state index in [1.165, 1.54) is 12.7 Å². The summed E-state index contributed by atoms with van der Waals surface area (Å²) in [6, 6.07) is 9.70. The third-order valence-electron chi connectivity index (χ3n) is 2.69. The Bertz CT molecular complexity index is 394. The average Bonchev–Trinajstić information content (AvgIpc) is 2.38. The molecule has 1 rings (SSSR count). The number of allylic oxidation sites excluding steroid dienone is 1. The number of rotatable bonds is 6. The van der Waals surface area contributed by atoms with Crippen molar-refractivity contribution in [1.29, 1.82) is 0 Å². The predicted octanol–water partition coefficient (Wildman–Crippen LogP) is 2.50. The van der Waals surface area contributed by atoms with Crippen molar-refractivity contribution in [3.05, 3.63) is 47.5 Å². The summed E-state index contributed by atoms with van der Waals surface area (Å²) in [7, 11) is 1.42. The Balaban J connectivity index is 2.63. The van der Waals surface area contributed by atoms with Gasteiger partial charge < -0.3 is 10.1 Å². The molecule has 0 aliphatic heterocycles. The van der Waals surface area contributed by atoms with Crippen molar-refractivity contribution in [1.82, 2.24) is 5.32 Å². The maximum atomic E-state index is 11.8. The summed E-state index contributed by atoms with van der Waals surface area (Å²) in [5.41, 5.74) is 2.24. The molecule has 0 aliphatic carbocycles. The van der Waals surface area contributed by atoms with E-state index in [2.05, 4.69) is 25.2 Å². The van der Waals surface area contributed by atoms with Crippen LogP contribution in [0.3, 0.4) is 0 Å². The fourth-order valence-electron chi connectivity index (χ4n) is 1.67. The Morgan fingerprint density at radius 3 is 2.56 bits per heavy atom. The topological polar surface area (TPSA) is 38.3 Å². The van der Waals surface area contributed by atoms with Crippen LogP contribution in [-0.4, -0.2) is 26.2 Å². The third kappa shape index (κ3) is 4.72. The fraction of sp³-hybridized carbons (Fsp3) is 0.400. The molecule has 98 valence electrons. The number of hydrogen-bond donors (Lipinski definition) is 1. The van der Waals surface area contributed by atoms with Gasteiger partial charge >= 0.3 is 5.97 Å². The van der Waals surface area contributed by atoms with Gasteiger partial charge in [-0.15, -0.1) is 0 Å². The molecule has 0 aromatic heterocycles. The Morgan fingerprint density at radius 2 is 2.00 bits per heavy atom. The predicted molar refractivity (Wildman–Crippen MR) is 73.5 cm³/mol. The van der Waals surface area contributed by atoms with Crippen LogP contribution in [0.1, 0.15) is 25.3 Å². The molecule has 0 heterocycles. The number of carbonyl (C=O) groups is 1. The standard InChI is InChI=1S/C15H21NO2/c1-12(2)9-10-16-11-14(15(17)18-3)13-7-5-4-6-8-13/h4-9,14,16H,10-11H2,1-3H3. The van der Waals surface area contributed by atoms with Gasteiger partial charge in [0.2, 0.25) is 0 Å². The van der Waals surface area contributed by atoms with Gasteiger partial charge in [0.15, 0.2) is 0 Å². The monoisotopic (exact) mass is 247 g/mol. The van der Waals surface area contributed by atoms with Crippen LogP contribution in [0.15, 0.2) is 42.0 Å². The van der Waals surface area contributed by atoms with E-state index in [0.29, 0.717) is 6.54 Å². The number of nitrogens with one attached hydrogen (secondary N) is 1. The van der Waals surface area contributed by atoms with E-state index in [1.54, 1.807) is 0 Å². The highest BCUT2D eigenvalue weighted by molar-refractivity contribution is 5.78. The highest BCUT2D eigenvalue weighted by atomic mass is 16.5. The van der Waals surface area contributed by atoms with Crippen molar-refractivity contribution < 1.29 is 9.53 Å². The number of ether oxygens (including phenoxy) is 1. The lowest BCUT2D eigenvalue weighted by Gasteiger charge is -2.15. The number of hydrogen-bond acceptors (Lipinski definition) is 3.